The van der Waals surface area contributed by atoms with Gasteiger partial charge in [-0.15, -0.1) is 11.3 Å². The maximum absolute atomic E-state index is 5.86. The van der Waals surface area contributed by atoms with Gasteiger partial charge in [-0.2, -0.15) is 0 Å². The lowest BCUT2D eigenvalue weighted by molar-refractivity contribution is 0.304. The van der Waals surface area contributed by atoms with Gasteiger partial charge >= 0.3 is 0 Å². The minimum Gasteiger partial charge on any atom is -0.497 e. The van der Waals surface area contributed by atoms with E-state index in [0.29, 0.717) is 6.10 Å². The van der Waals surface area contributed by atoms with Crippen molar-refractivity contribution in [1.29, 1.82) is 0 Å². The summed E-state index contributed by atoms with van der Waals surface area (Å²) in [6.07, 6.45) is 2.70. The Morgan fingerprint density at radius 3 is 2.88 bits per heavy atom. The first-order valence-electron chi connectivity index (χ1n) is 5.38. The van der Waals surface area contributed by atoms with E-state index in [1.807, 2.05) is 19.1 Å². The van der Waals surface area contributed by atoms with Gasteiger partial charge in [0.25, 0.3) is 0 Å². The molecule has 1 fully saturated rings. The molecule has 1 aromatic heterocycles. The SMILES string of the molecule is COc1cc(OC2CC2)c2nc(C)sc2c1. The summed E-state index contributed by atoms with van der Waals surface area (Å²) in [6.45, 7) is 2.01. The fourth-order valence-electron chi connectivity index (χ4n) is 1.66. The maximum atomic E-state index is 5.86. The van der Waals surface area contributed by atoms with Gasteiger partial charge < -0.3 is 9.47 Å². The van der Waals surface area contributed by atoms with Gasteiger partial charge in [-0.25, -0.2) is 4.98 Å². The highest BCUT2D eigenvalue weighted by molar-refractivity contribution is 7.18. The zero-order chi connectivity index (χ0) is 11.1. The number of rotatable bonds is 3. The number of methoxy groups -OCH3 is 1. The fraction of sp³-hybridized carbons (Fsp3) is 0.417. The highest BCUT2D eigenvalue weighted by Crippen LogP contribution is 2.37. The Hall–Kier alpha value is -1.29. The van der Waals surface area contributed by atoms with Crippen molar-refractivity contribution in [2.45, 2.75) is 25.9 Å². The molecule has 0 N–H and O–H groups in total. The number of thiazole rings is 1. The molecule has 0 spiro atoms. The molecule has 3 rings (SSSR count). The van der Waals surface area contributed by atoms with Crippen LogP contribution in [0.5, 0.6) is 11.5 Å². The van der Waals surface area contributed by atoms with Crippen LogP contribution < -0.4 is 9.47 Å². The minimum absolute atomic E-state index is 0.386. The van der Waals surface area contributed by atoms with Crippen molar-refractivity contribution in [3.63, 3.8) is 0 Å². The number of nitrogens with zero attached hydrogens (tertiary/aromatic N) is 1. The molecule has 0 radical (unpaired) electrons. The predicted octanol–water partition coefficient (Wildman–Crippen LogP) is 3.15. The van der Waals surface area contributed by atoms with E-state index in [1.165, 1.54) is 0 Å². The second-order valence-corrected chi connectivity index (χ2v) is 5.26. The Morgan fingerprint density at radius 1 is 1.38 bits per heavy atom. The van der Waals surface area contributed by atoms with Gasteiger partial charge in [-0.1, -0.05) is 0 Å². The van der Waals surface area contributed by atoms with Gasteiger partial charge in [0, 0.05) is 6.07 Å². The van der Waals surface area contributed by atoms with Crippen molar-refractivity contribution < 1.29 is 9.47 Å². The molecule has 0 unspecified atom stereocenters. The smallest absolute Gasteiger partial charge is 0.150 e. The molecule has 0 saturated heterocycles. The average Bonchev–Trinajstić information content (AvgIpc) is 2.98. The van der Waals surface area contributed by atoms with Crippen molar-refractivity contribution in [2.75, 3.05) is 7.11 Å². The summed E-state index contributed by atoms with van der Waals surface area (Å²) in [6, 6.07) is 3.94. The third kappa shape index (κ3) is 1.73. The number of hydrogen-bond donors (Lipinski definition) is 0. The molecule has 1 aliphatic rings. The number of hydrogen-bond acceptors (Lipinski definition) is 4. The second kappa shape index (κ2) is 3.63. The molecule has 1 aromatic carbocycles. The van der Waals surface area contributed by atoms with E-state index in [4.69, 9.17) is 9.47 Å². The number of fused-ring (bicyclic) bond motifs is 1. The fourth-order valence-corrected chi connectivity index (χ4v) is 2.53. The lowest BCUT2D eigenvalue weighted by atomic mass is 10.3. The number of aromatic nitrogens is 1. The van der Waals surface area contributed by atoms with Crippen LogP contribution in [0, 0.1) is 6.92 Å². The van der Waals surface area contributed by atoms with E-state index in [-0.39, 0.29) is 0 Å². The quantitative estimate of drug-likeness (QED) is 0.819. The highest BCUT2D eigenvalue weighted by atomic mass is 32.1. The van der Waals surface area contributed by atoms with Gasteiger partial charge in [-0.05, 0) is 25.8 Å². The minimum atomic E-state index is 0.386. The largest absolute Gasteiger partial charge is 0.497 e. The van der Waals surface area contributed by atoms with Crippen LogP contribution in [0.25, 0.3) is 10.2 Å². The molecule has 84 valence electrons. The lowest BCUT2D eigenvalue weighted by Crippen LogP contribution is -1.97. The molecular formula is C12H13NO2S. The van der Waals surface area contributed by atoms with E-state index in [9.17, 15) is 0 Å². The molecule has 0 amide bonds. The number of ether oxygens (including phenoxy) is 2. The van der Waals surface area contributed by atoms with Crippen LogP contribution in [-0.4, -0.2) is 18.2 Å². The van der Waals surface area contributed by atoms with Crippen LogP contribution in [0.1, 0.15) is 17.8 Å². The van der Waals surface area contributed by atoms with Crippen LogP contribution in [0.2, 0.25) is 0 Å². The Balaban J connectivity index is 2.12. The predicted molar refractivity (Wildman–Crippen MR) is 64.6 cm³/mol. The van der Waals surface area contributed by atoms with E-state index < -0.39 is 0 Å². The Kier molecular flexibility index (Phi) is 2.24. The molecule has 4 heteroatoms. The van der Waals surface area contributed by atoms with E-state index >= 15 is 0 Å². The topological polar surface area (TPSA) is 31.4 Å². The summed E-state index contributed by atoms with van der Waals surface area (Å²) >= 11 is 1.67. The van der Waals surface area contributed by atoms with Gasteiger partial charge in [-0.3, -0.25) is 0 Å². The summed E-state index contributed by atoms with van der Waals surface area (Å²) in [5.74, 6) is 1.70. The second-order valence-electron chi connectivity index (χ2n) is 4.02. The number of benzene rings is 1. The molecule has 3 nitrogen and oxygen atoms in total. The normalized spacial score (nSPS) is 15.4. The molecule has 0 atom stereocenters. The zero-order valence-corrected chi connectivity index (χ0v) is 10.1. The molecule has 1 aliphatic carbocycles. The van der Waals surface area contributed by atoms with Crippen LogP contribution in [0.3, 0.4) is 0 Å². The van der Waals surface area contributed by atoms with E-state index in [0.717, 1.165) is 39.6 Å². The first kappa shape index (κ1) is 9.90. The summed E-state index contributed by atoms with van der Waals surface area (Å²) in [4.78, 5) is 4.51. The lowest BCUT2D eigenvalue weighted by Gasteiger charge is -2.07. The third-order valence-corrected chi connectivity index (χ3v) is 3.51. The van der Waals surface area contributed by atoms with Crippen molar-refractivity contribution in [1.82, 2.24) is 4.98 Å². The van der Waals surface area contributed by atoms with Crippen LogP contribution in [-0.2, 0) is 0 Å². The third-order valence-electron chi connectivity index (χ3n) is 2.59. The van der Waals surface area contributed by atoms with Crippen LogP contribution in [0.4, 0.5) is 0 Å². The van der Waals surface area contributed by atoms with Crippen molar-refractivity contribution in [3.05, 3.63) is 17.1 Å². The maximum Gasteiger partial charge on any atom is 0.150 e. The summed E-state index contributed by atoms with van der Waals surface area (Å²) < 4.78 is 12.3. The van der Waals surface area contributed by atoms with Crippen LogP contribution >= 0.6 is 11.3 Å². The van der Waals surface area contributed by atoms with E-state index in [2.05, 4.69) is 4.98 Å². The number of aryl methyl sites for hydroxylation is 1. The highest BCUT2D eigenvalue weighted by Gasteiger charge is 2.25. The van der Waals surface area contributed by atoms with Crippen LogP contribution in [0.15, 0.2) is 12.1 Å². The molecule has 2 aromatic rings. The van der Waals surface area contributed by atoms with Crippen molar-refractivity contribution >= 4 is 21.6 Å². The van der Waals surface area contributed by atoms with Gasteiger partial charge in [0.15, 0.2) is 5.75 Å². The van der Waals surface area contributed by atoms with Crippen molar-refractivity contribution in [3.8, 4) is 11.5 Å². The molecule has 1 saturated carbocycles. The molecule has 1 heterocycles. The Bertz CT molecular complexity index is 531. The summed E-state index contributed by atoms with van der Waals surface area (Å²) in [5, 5.41) is 1.06. The molecular weight excluding hydrogens is 222 g/mol. The van der Waals surface area contributed by atoms with Gasteiger partial charge in [0.2, 0.25) is 0 Å². The monoisotopic (exact) mass is 235 g/mol. The standard InChI is InChI=1S/C12H13NO2S/c1-7-13-12-10(15-8-3-4-8)5-9(14-2)6-11(12)16-7/h5-6,8H,3-4H2,1-2H3. The zero-order valence-electron chi connectivity index (χ0n) is 9.32. The van der Waals surface area contributed by atoms with Gasteiger partial charge in [0.1, 0.15) is 11.3 Å². The van der Waals surface area contributed by atoms with E-state index in [1.54, 1.807) is 18.4 Å². The Labute approximate surface area is 98.0 Å². The molecule has 16 heavy (non-hydrogen) atoms. The molecule has 0 aliphatic heterocycles. The first-order chi connectivity index (χ1) is 7.76. The molecule has 0 bridgehead atoms. The Morgan fingerprint density at radius 2 is 2.19 bits per heavy atom. The summed E-state index contributed by atoms with van der Waals surface area (Å²) in [5.41, 5.74) is 0.968. The summed E-state index contributed by atoms with van der Waals surface area (Å²) in [7, 11) is 1.68. The first-order valence-corrected chi connectivity index (χ1v) is 6.20. The average molecular weight is 235 g/mol. The van der Waals surface area contributed by atoms with Gasteiger partial charge in [0.05, 0.1) is 22.9 Å². The van der Waals surface area contributed by atoms with Crippen molar-refractivity contribution in [2.24, 2.45) is 0 Å².